The monoisotopic (exact) mass is 451 g/mol. The summed E-state index contributed by atoms with van der Waals surface area (Å²) in [5.41, 5.74) is 3.67. The minimum atomic E-state index is 0.146. The summed E-state index contributed by atoms with van der Waals surface area (Å²) in [4.78, 5) is 19.3. The summed E-state index contributed by atoms with van der Waals surface area (Å²) in [6, 6.07) is 15.9. The van der Waals surface area contributed by atoms with Gasteiger partial charge in [-0.1, -0.05) is 53.7 Å². The van der Waals surface area contributed by atoms with Crippen molar-refractivity contribution < 1.29 is 4.79 Å². The predicted molar refractivity (Wildman–Crippen MR) is 125 cm³/mol. The van der Waals surface area contributed by atoms with E-state index in [4.69, 9.17) is 16.6 Å². The highest BCUT2D eigenvalue weighted by Gasteiger charge is 2.19. The molecule has 1 fully saturated rings. The van der Waals surface area contributed by atoms with Crippen molar-refractivity contribution in [2.75, 3.05) is 18.8 Å². The van der Waals surface area contributed by atoms with Gasteiger partial charge in [0, 0.05) is 30.0 Å². The average molecular weight is 452 g/mol. The molecule has 5 rings (SSSR count). The summed E-state index contributed by atoms with van der Waals surface area (Å²) in [5.74, 6) is 0.481. The Balaban J connectivity index is 1.46. The molecular weight excluding hydrogens is 430 g/mol. The molecule has 0 bridgehead atoms. The number of para-hydroxylation sites is 1. The lowest BCUT2D eigenvalue weighted by molar-refractivity contribution is -0.129. The van der Waals surface area contributed by atoms with Gasteiger partial charge < -0.3 is 9.47 Å². The Hall–Kier alpha value is -2.64. The molecule has 4 aromatic rings. The van der Waals surface area contributed by atoms with Crippen LogP contribution < -0.4 is 0 Å². The molecule has 1 saturated heterocycles. The maximum absolute atomic E-state index is 12.5. The summed E-state index contributed by atoms with van der Waals surface area (Å²) >= 11 is 7.55. The number of hydrogen-bond acceptors (Lipinski definition) is 5. The van der Waals surface area contributed by atoms with E-state index in [1.807, 2.05) is 47.4 Å². The van der Waals surface area contributed by atoms with Crippen molar-refractivity contribution >= 4 is 51.3 Å². The van der Waals surface area contributed by atoms with Crippen molar-refractivity contribution in [1.29, 1.82) is 0 Å². The van der Waals surface area contributed by atoms with Crippen LogP contribution in [0.1, 0.15) is 24.8 Å². The van der Waals surface area contributed by atoms with E-state index in [0.717, 1.165) is 53.6 Å². The van der Waals surface area contributed by atoms with E-state index < -0.39 is 0 Å². The zero-order chi connectivity index (χ0) is 21.2. The quantitative estimate of drug-likeness (QED) is 0.408. The van der Waals surface area contributed by atoms with Crippen LogP contribution in [0.5, 0.6) is 0 Å². The zero-order valence-electron chi connectivity index (χ0n) is 17.0. The first kappa shape index (κ1) is 20.3. The second-order valence-electron chi connectivity index (χ2n) is 7.73. The number of carbonyl (C=O) groups is 1. The first-order chi connectivity index (χ1) is 15.2. The second-order valence-corrected chi connectivity index (χ2v) is 9.11. The molecule has 0 atom stereocenters. The van der Waals surface area contributed by atoms with Crippen molar-refractivity contribution in [2.45, 2.75) is 31.0 Å². The van der Waals surface area contributed by atoms with Gasteiger partial charge in [-0.2, -0.15) is 0 Å². The van der Waals surface area contributed by atoms with Crippen LogP contribution in [-0.4, -0.2) is 49.4 Å². The number of carbonyl (C=O) groups excluding carboxylic acids is 1. The number of likely N-dealkylation sites (tertiary alicyclic amines) is 1. The van der Waals surface area contributed by atoms with E-state index in [1.54, 1.807) is 0 Å². The number of fused-ring (bicyclic) bond motifs is 3. The highest BCUT2D eigenvalue weighted by Crippen LogP contribution is 2.28. The van der Waals surface area contributed by atoms with Crippen LogP contribution in [0.4, 0.5) is 0 Å². The largest absolute Gasteiger partial charge is 0.342 e. The molecule has 2 aromatic carbocycles. The smallest absolute Gasteiger partial charge is 0.233 e. The van der Waals surface area contributed by atoms with Crippen LogP contribution in [0.2, 0.25) is 5.02 Å². The number of halogens is 1. The van der Waals surface area contributed by atoms with E-state index in [-0.39, 0.29) is 5.91 Å². The highest BCUT2D eigenvalue weighted by molar-refractivity contribution is 7.99. The molecule has 8 heteroatoms. The third-order valence-electron chi connectivity index (χ3n) is 5.62. The summed E-state index contributed by atoms with van der Waals surface area (Å²) in [5, 5.41) is 11.0. The predicted octanol–water partition coefficient (Wildman–Crippen LogP) is 4.79. The molecular formula is C23H22ClN5OS. The fourth-order valence-corrected chi connectivity index (χ4v) is 4.99. The SMILES string of the molecule is O=C(CSc1nnc2c3ccccc3n(Cc3cccc(Cl)c3)c2n1)N1CCCCC1. The van der Waals surface area contributed by atoms with Gasteiger partial charge in [0.15, 0.2) is 5.65 Å². The van der Waals surface area contributed by atoms with Gasteiger partial charge in [-0.25, -0.2) is 4.98 Å². The molecule has 0 aliphatic carbocycles. The van der Waals surface area contributed by atoms with Crippen molar-refractivity contribution in [3.05, 3.63) is 59.1 Å². The van der Waals surface area contributed by atoms with Gasteiger partial charge in [0.1, 0.15) is 5.52 Å². The molecule has 0 spiro atoms. The minimum absolute atomic E-state index is 0.146. The first-order valence-electron chi connectivity index (χ1n) is 10.5. The first-order valence-corrected chi connectivity index (χ1v) is 11.8. The molecule has 6 nitrogen and oxygen atoms in total. The molecule has 1 aliphatic heterocycles. The Morgan fingerprint density at radius 1 is 1.03 bits per heavy atom. The molecule has 1 aliphatic rings. The van der Waals surface area contributed by atoms with Crippen molar-refractivity contribution in [3.8, 4) is 0 Å². The fourth-order valence-electron chi connectivity index (χ4n) is 4.09. The Kier molecular flexibility index (Phi) is 5.78. The van der Waals surface area contributed by atoms with Crippen molar-refractivity contribution in [3.63, 3.8) is 0 Å². The van der Waals surface area contributed by atoms with Gasteiger partial charge in [-0.05, 0) is 43.0 Å². The normalized spacial score (nSPS) is 14.4. The molecule has 3 heterocycles. The fraction of sp³-hybridized carbons (Fsp3) is 0.304. The topological polar surface area (TPSA) is 63.9 Å². The van der Waals surface area contributed by atoms with E-state index in [9.17, 15) is 4.79 Å². The number of hydrogen-bond donors (Lipinski definition) is 0. The highest BCUT2D eigenvalue weighted by atomic mass is 35.5. The number of thioether (sulfide) groups is 1. The van der Waals surface area contributed by atoms with Gasteiger partial charge in [0.2, 0.25) is 11.1 Å². The Bertz CT molecular complexity index is 1250. The number of amides is 1. The molecule has 0 saturated carbocycles. The van der Waals surface area contributed by atoms with E-state index in [0.29, 0.717) is 22.5 Å². The Morgan fingerprint density at radius 2 is 1.87 bits per heavy atom. The van der Waals surface area contributed by atoms with E-state index >= 15 is 0 Å². The van der Waals surface area contributed by atoms with Crippen LogP contribution in [0, 0.1) is 0 Å². The molecule has 158 valence electrons. The van der Waals surface area contributed by atoms with Crippen LogP contribution in [0.25, 0.3) is 22.1 Å². The van der Waals surface area contributed by atoms with Crippen LogP contribution in [0.15, 0.2) is 53.7 Å². The maximum Gasteiger partial charge on any atom is 0.233 e. The van der Waals surface area contributed by atoms with Crippen LogP contribution in [0.3, 0.4) is 0 Å². The maximum atomic E-state index is 12.5. The number of piperidine rings is 1. The van der Waals surface area contributed by atoms with Gasteiger partial charge in [-0.15, -0.1) is 10.2 Å². The molecule has 0 unspecified atom stereocenters. The minimum Gasteiger partial charge on any atom is -0.342 e. The van der Waals surface area contributed by atoms with E-state index in [2.05, 4.69) is 20.8 Å². The van der Waals surface area contributed by atoms with Gasteiger partial charge >= 0.3 is 0 Å². The Labute approximate surface area is 189 Å². The van der Waals surface area contributed by atoms with Crippen molar-refractivity contribution in [1.82, 2.24) is 24.6 Å². The lowest BCUT2D eigenvalue weighted by atomic mass is 10.1. The number of aromatic nitrogens is 4. The lowest BCUT2D eigenvalue weighted by Crippen LogP contribution is -2.36. The summed E-state index contributed by atoms with van der Waals surface area (Å²) < 4.78 is 2.14. The third kappa shape index (κ3) is 4.25. The Morgan fingerprint density at radius 3 is 2.71 bits per heavy atom. The lowest BCUT2D eigenvalue weighted by Gasteiger charge is -2.26. The van der Waals surface area contributed by atoms with Gasteiger partial charge in [0.05, 0.1) is 11.3 Å². The molecule has 2 aromatic heterocycles. The second kappa shape index (κ2) is 8.85. The summed E-state index contributed by atoms with van der Waals surface area (Å²) in [7, 11) is 0. The summed E-state index contributed by atoms with van der Waals surface area (Å²) in [6.07, 6.45) is 3.38. The molecule has 0 N–H and O–H groups in total. The molecule has 1 amide bonds. The molecule has 31 heavy (non-hydrogen) atoms. The number of benzene rings is 2. The van der Waals surface area contributed by atoms with Gasteiger partial charge in [-0.3, -0.25) is 4.79 Å². The molecule has 0 radical (unpaired) electrons. The number of nitrogens with zero attached hydrogens (tertiary/aromatic N) is 5. The average Bonchev–Trinajstić information content (AvgIpc) is 3.11. The number of rotatable bonds is 5. The standard InChI is InChI=1S/C23H22ClN5OS/c24-17-8-6-7-16(13-17)14-29-19-10-3-2-9-18(19)21-22(29)25-23(27-26-21)31-15-20(30)28-11-4-1-5-12-28/h2-3,6-10,13H,1,4-5,11-12,14-15H2. The van der Waals surface area contributed by atoms with E-state index in [1.165, 1.54) is 18.2 Å². The van der Waals surface area contributed by atoms with Crippen LogP contribution in [-0.2, 0) is 11.3 Å². The van der Waals surface area contributed by atoms with Crippen molar-refractivity contribution in [2.24, 2.45) is 0 Å². The van der Waals surface area contributed by atoms with Gasteiger partial charge in [0.25, 0.3) is 0 Å². The zero-order valence-corrected chi connectivity index (χ0v) is 18.6. The third-order valence-corrected chi connectivity index (χ3v) is 6.68. The summed E-state index contributed by atoms with van der Waals surface area (Å²) in [6.45, 7) is 2.33. The van der Waals surface area contributed by atoms with Crippen LogP contribution >= 0.6 is 23.4 Å².